The summed E-state index contributed by atoms with van der Waals surface area (Å²) in [7, 11) is 0. The Bertz CT molecular complexity index is 1700. The number of hydrogen-bond acceptors (Lipinski definition) is 6. The van der Waals surface area contributed by atoms with Crippen LogP contribution in [0.25, 0.3) is 21.3 Å². The Kier molecular flexibility index (Phi) is 7.16. The zero-order valence-corrected chi connectivity index (χ0v) is 23.6. The summed E-state index contributed by atoms with van der Waals surface area (Å²) >= 11 is 3.52. The third-order valence-corrected chi connectivity index (χ3v) is 8.34. The minimum absolute atomic E-state index is 0.00145. The second-order valence-corrected chi connectivity index (χ2v) is 11.2. The Morgan fingerprint density at radius 3 is 2.37 bits per heavy atom. The largest absolute Gasteiger partial charge is 0.436 e. The molecule has 1 aliphatic carbocycles. The van der Waals surface area contributed by atoms with Gasteiger partial charge in [0.15, 0.2) is 5.69 Å². The van der Waals surface area contributed by atoms with Crippen LogP contribution in [0.15, 0.2) is 16.7 Å². The van der Waals surface area contributed by atoms with Crippen LogP contribution < -0.4 is 11.1 Å². The molecule has 5 rings (SSSR count). The Balaban J connectivity index is 1.64. The molecule has 0 aromatic carbocycles. The van der Waals surface area contributed by atoms with Crippen LogP contribution in [-0.4, -0.2) is 36.4 Å². The molecule has 4 aromatic rings. The van der Waals surface area contributed by atoms with Gasteiger partial charge in [0.25, 0.3) is 5.91 Å². The molecule has 1 fully saturated rings. The molecule has 3 N–H and O–H groups in total. The molecule has 2 amide bonds. The number of primary amides is 1. The molecule has 0 atom stereocenters. The first-order valence-electron chi connectivity index (χ1n) is 12.1. The van der Waals surface area contributed by atoms with Gasteiger partial charge in [-0.2, -0.15) is 36.5 Å². The van der Waals surface area contributed by atoms with Crippen LogP contribution in [0, 0.1) is 6.92 Å². The molecule has 1 saturated carbocycles. The van der Waals surface area contributed by atoms with Gasteiger partial charge in [-0.1, -0.05) is 0 Å². The van der Waals surface area contributed by atoms with Crippen molar-refractivity contribution in [2.24, 2.45) is 5.73 Å². The highest BCUT2D eigenvalue weighted by molar-refractivity contribution is 9.10. The highest BCUT2D eigenvalue weighted by Crippen LogP contribution is 2.47. The van der Waals surface area contributed by atoms with Gasteiger partial charge >= 0.3 is 12.4 Å². The number of hydrogen-bond donors (Lipinski definition) is 2. The van der Waals surface area contributed by atoms with Gasteiger partial charge in [-0.05, 0) is 54.2 Å². The molecular formula is C24H20BrF6N7O2S. The average Bonchev–Trinajstić information content (AvgIpc) is 3.39. The summed E-state index contributed by atoms with van der Waals surface area (Å²) < 4.78 is 84.1. The maximum Gasteiger partial charge on any atom is 0.436 e. The number of aryl methyl sites for hydroxylation is 2. The Hall–Kier alpha value is -3.47. The van der Waals surface area contributed by atoms with Crippen LogP contribution in [0.2, 0.25) is 0 Å². The highest BCUT2D eigenvalue weighted by Gasteiger charge is 2.42. The molecule has 4 aromatic heterocycles. The van der Waals surface area contributed by atoms with Gasteiger partial charge in [-0.15, -0.1) is 11.3 Å². The van der Waals surface area contributed by atoms with Crippen LogP contribution >= 0.6 is 27.3 Å². The number of nitrogens with one attached hydrogen (secondary N) is 1. The van der Waals surface area contributed by atoms with E-state index in [0.717, 1.165) is 10.7 Å². The maximum atomic E-state index is 13.8. The van der Waals surface area contributed by atoms with E-state index in [1.165, 1.54) is 10.9 Å². The summed E-state index contributed by atoms with van der Waals surface area (Å²) in [5, 5.41) is 10.4. The molecule has 0 aliphatic heterocycles. The lowest BCUT2D eigenvalue weighted by Crippen LogP contribution is -2.23. The Labute approximate surface area is 239 Å². The number of anilines is 1. The molecule has 41 heavy (non-hydrogen) atoms. The Morgan fingerprint density at radius 1 is 1.15 bits per heavy atom. The predicted molar refractivity (Wildman–Crippen MR) is 140 cm³/mol. The molecule has 0 bridgehead atoms. The van der Waals surface area contributed by atoms with Crippen molar-refractivity contribution in [1.82, 2.24) is 24.5 Å². The highest BCUT2D eigenvalue weighted by atomic mass is 79.9. The van der Waals surface area contributed by atoms with Gasteiger partial charge < -0.3 is 11.1 Å². The van der Waals surface area contributed by atoms with E-state index in [4.69, 9.17) is 5.73 Å². The minimum atomic E-state index is -4.83. The normalized spacial score (nSPS) is 14.2. The number of nitrogens with zero attached hydrogens (tertiary/aromatic N) is 5. The van der Waals surface area contributed by atoms with Crippen LogP contribution in [0.3, 0.4) is 0 Å². The van der Waals surface area contributed by atoms with Gasteiger partial charge in [0, 0.05) is 29.6 Å². The van der Waals surface area contributed by atoms with Crippen molar-refractivity contribution in [2.75, 3.05) is 5.32 Å². The van der Waals surface area contributed by atoms with Crippen LogP contribution in [0.1, 0.15) is 58.1 Å². The van der Waals surface area contributed by atoms with E-state index < -0.39 is 42.1 Å². The number of halogens is 7. The van der Waals surface area contributed by atoms with Crippen molar-refractivity contribution in [2.45, 2.75) is 58.0 Å². The molecule has 1 aliphatic rings. The number of alkyl halides is 6. The molecule has 17 heteroatoms. The summed E-state index contributed by atoms with van der Waals surface area (Å²) in [5.41, 5.74) is 3.81. The van der Waals surface area contributed by atoms with Gasteiger partial charge in [0.05, 0.1) is 21.5 Å². The topological polar surface area (TPSA) is 121 Å². The number of rotatable bonds is 7. The number of amides is 2. The zero-order valence-electron chi connectivity index (χ0n) is 21.2. The fourth-order valence-electron chi connectivity index (χ4n) is 4.51. The van der Waals surface area contributed by atoms with Crippen molar-refractivity contribution in [3.05, 3.63) is 44.4 Å². The lowest BCUT2D eigenvalue weighted by Gasteiger charge is -2.12. The number of carbonyl (C=O) groups excluding carboxylic acids is 2. The predicted octanol–water partition coefficient (Wildman–Crippen LogP) is 6.10. The smallest absolute Gasteiger partial charge is 0.365 e. The third kappa shape index (κ3) is 5.43. The minimum Gasteiger partial charge on any atom is -0.365 e. The van der Waals surface area contributed by atoms with Crippen LogP contribution in [0.5, 0.6) is 0 Å². The first-order chi connectivity index (χ1) is 19.1. The number of pyridine rings is 1. The summed E-state index contributed by atoms with van der Waals surface area (Å²) in [4.78, 5) is 28.8. The van der Waals surface area contributed by atoms with Gasteiger partial charge in [0.2, 0.25) is 5.91 Å². The molecule has 0 unspecified atom stereocenters. The van der Waals surface area contributed by atoms with Crippen LogP contribution in [0.4, 0.5) is 32.0 Å². The van der Waals surface area contributed by atoms with E-state index in [1.54, 1.807) is 13.8 Å². The lowest BCUT2D eigenvalue weighted by molar-refractivity contribution is -0.142. The van der Waals surface area contributed by atoms with E-state index in [-0.39, 0.29) is 42.4 Å². The number of thiophene rings is 1. The zero-order chi connectivity index (χ0) is 30.0. The average molecular weight is 664 g/mol. The third-order valence-electron chi connectivity index (χ3n) is 6.46. The quantitative estimate of drug-likeness (QED) is 0.232. The number of nitrogens with two attached hydrogens (primary N) is 1. The monoisotopic (exact) mass is 663 g/mol. The molecule has 0 radical (unpaired) electrons. The number of aromatic nitrogens is 5. The van der Waals surface area contributed by atoms with Gasteiger partial charge in [-0.3, -0.25) is 19.0 Å². The Morgan fingerprint density at radius 2 is 1.83 bits per heavy atom. The molecule has 218 valence electrons. The van der Waals surface area contributed by atoms with Crippen molar-refractivity contribution in [3.8, 4) is 11.1 Å². The fourth-order valence-corrected chi connectivity index (χ4v) is 6.35. The molecule has 9 nitrogen and oxygen atoms in total. The first-order valence-corrected chi connectivity index (χ1v) is 13.7. The van der Waals surface area contributed by atoms with E-state index in [2.05, 4.69) is 36.4 Å². The first kappa shape index (κ1) is 29.0. The van der Waals surface area contributed by atoms with Crippen molar-refractivity contribution < 1.29 is 35.9 Å². The standard InChI is InChI=1S/C24H20BrF6N7O2S/c1-3-37-7-12(9(2)35-37)11-6-13(23(26,27)28)33-22-15(11)17(19(41-22)21(32)40)34-14(39)8-38-18(10-4-5-10)16(25)20(36-38)24(29,30)31/h6-7,10H,3-5,8H2,1-2H3,(H2,32,40)(H,34,39). The fraction of sp³-hybridized carbons (Fsp3) is 0.375. The van der Waals surface area contributed by atoms with Crippen molar-refractivity contribution >= 4 is 55.0 Å². The van der Waals surface area contributed by atoms with E-state index in [1.807, 2.05) is 0 Å². The number of fused-ring (bicyclic) bond motifs is 1. The molecular weight excluding hydrogens is 644 g/mol. The van der Waals surface area contributed by atoms with Crippen molar-refractivity contribution in [1.29, 1.82) is 0 Å². The summed E-state index contributed by atoms with van der Waals surface area (Å²) in [6.07, 6.45) is -6.85. The summed E-state index contributed by atoms with van der Waals surface area (Å²) in [5.74, 6) is -2.13. The van der Waals surface area contributed by atoms with Gasteiger partial charge in [0.1, 0.15) is 21.9 Å². The van der Waals surface area contributed by atoms with E-state index in [0.29, 0.717) is 42.0 Å². The molecule has 4 heterocycles. The van der Waals surface area contributed by atoms with Crippen molar-refractivity contribution in [3.63, 3.8) is 0 Å². The van der Waals surface area contributed by atoms with E-state index in [9.17, 15) is 35.9 Å². The van der Waals surface area contributed by atoms with Crippen LogP contribution in [-0.2, 0) is 30.2 Å². The second kappa shape index (κ2) is 10.1. The summed E-state index contributed by atoms with van der Waals surface area (Å²) in [6, 6.07) is 0.797. The van der Waals surface area contributed by atoms with Gasteiger partial charge in [-0.25, -0.2) is 4.98 Å². The molecule has 0 spiro atoms. The van der Waals surface area contributed by atoms with E-state index >= 15 is 0 Å². The summed E-state index contributed by atoms with van der Waals surface area (Å²) in [6.45, 7) is 3.14. The number of carbonyl (C=O) groups is 2. The lowest BCUT2D eigenvalue weighted by atomic mass is 10.0. The maximum absolute atomic E-state index is 13.8. The molecule has 0 saturated heterocycles. The SMILES string of the molecule is CCn1cc(-c2cc(C(F)(F)F)nc3sc(C(N)=O)c(NC(=O)Cn4nc(C(F)(F)F)c(Br)c4C4CC4)c23)c(C)n1. The second-order valence-electron chi connectivity index (χ2n) is 9.41.